The number of hydrogen-bond donors (Lipinski definition) is 1. The Bertz CT molecular complexity index is 1450. The highest BCUT2D eigenvalue weighted by Gasteiger charge is 2.19. The highest BCUT2D eigenvalue weighted by Crippen LogP contribution is 2.28. The van der Waals surface area contributed by atoms with Crippen LogP contribution >= 0.6 is 11.3 Å². The van der Waals surface area contributed by atoms with Gasteiger partial charge in [-0.25, -0.2) is 8.42 Å². The molecule has 154 valence electrons. The number of para-hydroxylation sites is 1. The molecule has 31 heavy (non-hydrogen) atoms. The fraction of sp³-hybridized carbons (Fsp3) is 0.0435. The minimum Gasteiger partial charge on any atom is -0.339 e. The quantitative estimate of drug-likeness (QED) is 0.380. The number of nitrogens with zero attached hydrogens (tertiary/aromatic N) is 2. The molecule has 5 rings (SSSR count). The van der Waals surface area contributed by atoms with Gasteiger partial charge in [-0.05, 0) is 34.5 Å². The van der Waals surface area contributed by atoms with Crippen molar-refractivity contribution in [2.24, 2.45) is 0 Å². The Morgan fingerprint density at radius 3 is 2.58 bits per heavy atom. The van der Waals surface area contributed by atoms with Crippen molar-refractivity contribution < 1.29 is 12.9 Å². The first kappa shape index (κ1) is 19.5. The van der Waals surface area contributed by atoms with Gasteiger partial charge in [-0.15, -0.1) is 11.3 Å². The summed E-state index contributed by atoms with van der Waals surface area (Å²) in [6.07, 6.45) is 0.312. The Hall–Kier alpha value is -3.49. The molecule has 0 aliphatic heterocycles. The van der Waals surface area contributed by atoms with Crippen LogP contribution < -0.4 is 4.72 Å². The fourth-order valence-corrected chi connectivity index (χ4v) is 5.38. The van der Waals surface area contributed by atoms with Gasteiger partial charge in [-0.3, -0.25) is 4.72 Å². The number of thiophene rings is 1. The van der Waals surface area contributed by atoms with Gasteiger partial charge in [0, 0.05) is 5.39 Å². The van der Waals surface area contributed by atoms with E-state index in [1.165, 1.54) is 11.3 Å². The number of hydrogen-bond acceptors (Lipinski definition) is 6. The molecule has 3 aromatic carbocycles. The van der Waals surface area contributed by atoms with E-state index in [9.17, 15) is 8.42 Å². The minimum absolute atomic E-state index is 0.234. The number of aromatic nitrogens is 2. The molecule has 0 saturated heterocycles. The third kappa shape index (κ3) is 3.95. The summed E-state index contributed by atoms with van der Waals surface area (Å²) in [4.78, 5) is 5.59. The number of nitrogens with one attached hydrogen (secondary N) is 1. The predicted molar refractivity (Wildman–Crippen MR) is 122 cm³/mol. The molecule has 0 unspecified atom stereocenters. The van der Waals surface area contributed by atoms with Crippen LogP contribution in [0.2, 0.25) is 0 Å². The van der Waals surface area contributed by atoms with E-state index >= 15 is 0 Å². The van der Waals surface area contributed by atoms with Crippen molar-refractivity contribution in [2.45, 2.75) is 11.3 Å². The molecule has 0 atom stereocenters. The highest BCUT2D eigenvalue weighted by atomic mass is 32.2. The molecule has 0 fully saturated rings. The van der Waals surface area contributed by atoms with Gasteiger partial charge in [0.1, 0.15) is 0 Å². The maximum Gasteiger partial charge on any atom is 0.262 e. The lowest BCUT2D eigenvalue weighted by molar-refractivity contribution is 0.386. The van der Waals surface area contributed by atoms with Crippen molar-refractivity contribution in [3.8, 4) is 10.7 Å². The molecule has 0 radical (unpaired) electrons. The van der Waals surface area contributed by atoms with Gasteiger partial charge in [0.2, 0.25) is 11.7 Å². The zero-order valence-electron chi connectivity index (χ0n) is 16.2. The molecule has 2 aromatic heterocycles. The normalized spacial score (nSPS) is 11.6. The van der Waals surface area contributed by atoms with E-state index in [0.717, 1.165) is 15.8 Å². The summed E-state index contributed by atoms with van der Waals surface area (Å²) in [7, 11) is -3.80. The van der Waals surface area contributed by atoms with Crippen LogP contribution in [0.3, 0.4) is 0 Å². The largest absolute Gasteiger partial charge is 0.339 e. The summed E-state index contributed by atoms with van der Waals surface area (Å²) in [5, 5.41) is 7.51. The third-order valence-electron chi connectivity index (χ3n) is 4.85. The van der Waals surface area contributed by atoms with Gasteiger partial charge in [0.25, 0.3) is 10.0 Å². The lowest BCUT2D eigenvalue weighted by atomic mass is 10.1. The molecule has 0 bridgehead atoms. The highest BCUT2D eigenvalue weighted by molar-refractivity contribution is 7.93. The second kappa shape index (κ2) is 7.98. The molecule has 0 saturated carbocycles. The van der Waals surface area contributed by atoms with Crippen molar-refractivity contribution in [2.75, 3.05) is 4.72 Å². The zero-order valence-corrected chi connectivity index (χ0v) is 17.9. The van der Waals surface area contributed by atoms with Crippen LogP contribution in [0.25, 0.3) is 21.5 Å². The zero-order chi connectivity index (χ0) is 21.3. The summed E-state index contributed by atoms with van der Waals surface area (Å²) >= 11 is 1.53. The van der Waals surface area contributed by atoms with E-state index in [4.69, 9.17) is 4.52 Å². The predicted octanol–water partition coefficient (Wildman–Crippen LogP) is 5.34. The SMILES string of the molecule is O=S(=O)(Nc1ccccc1Cc1nc(-c2cccs2)no1)c1cccc2ccccc12. The minimum atomic E-state index is -3.80. The van der Waals surface area contributed by atoms with Crippen LogP contribution in [0, 0.1) is 0 Å². The summed E-state index contributed by atoms with van der Waals surface area (Å²) in [5.74, 6) is 0.944. The molecule has 0 amide bonds. The molecule has 2 heterocycles. The Morgan fingerprint density at radius 2 is 1.71 bits per heavy atom. The molecular formula is C23H17N3O3S2. The molecule has 0 spiro atoms. The topological polar surface area (TPSA) is 85.1 Å². The van der Waals surface area contributed by atoms with E-state index in [-0.39, 0.29) is 4.90 Å². The molecule has 8 heteroatoms. The van der Waals surface area contributed by atoms with Crippen LogP contribution in [0.4, 0.5) is 5.69 Å². The average Bonchev–Trinajstić information content (AvgIpc) is 3.46. The van der Waals surface area contributed by atoms with Crippen LogP contribution in [0.1, 0.15) is 11.5 Å². The Morgan fingerprint density at radius 1 is 0.903 bits per heavy atom. The number of rotatable bonds is 6. The first-order valence-corrected chi connectivity index (χ1v) is 11.9. The van der Waals surface area contributed by atoms with E-state index in [1.807, 2.05) is 53.9 Å². The van der Waals surface area contributed by atoms with Crippen LogP contribution in [0.5, 0.6) is 0 Å². The maximum atomic E-state index is 13.2. The molecular weight excluding hydrogens is 430 g/mol. The maximum absolute atomic E-state index is 13.2. The van der Waals surface area contributed by atoms with Crippen molar-refractivity contribution in [3.05, 3.63) is 95.7 Å². The molecule has 0 aliphatic rings. The Labute approximate surface area is 183 Å². The molecule has 1 N–H and O–H groups in total. The van der Waals surface area contributed by atoms with Gasteiger partial charge in [-0.1, -0.05) is 65.8 Å². The summed E-state index contributed by atoms with van der Waals surface area (Å²) < 4.78 is 34.6. The van der Waals surface area contributed by atoms with Crippen LogP contribution in [-0.2, 0) is 16.4 Å². The van der Waals surface area contributed by atoms with Gasteiger partial charge in [-0.2, -0.15) is 4.98 Å². The average molecular weight is 448 g/mol. The summed E-state index contributed by atoms with van der Waals surface area (Å²) in [6, 6.07) is 23.7. The monoisotopic (exact) mass is 447 g/mol. The van der Waals surface area contributed by atoms with E-state index < -0.39 is 10.0 Å². The third-order valence-corrected chi connectivity index (χ3v) is 7.14. The Kier molecular flexibility index (Phi) is 5.01. The standard InChI is InChI=1S/C23H17N3O3S2/c27-31(28,21-13-5-9-16-7-1-3-10-18(16)21)26-19-11-4-2-8-17(19)15-22-24-23(25-29-22)20-12-6-14-30-20/h1-14,26H,15H2. The van der Waals surface area contributed by atoms with E-state index in [0.29, 0.717) is 29.2 Å². The first-order chi connectivity index (χ1) is 15.1. The van der Waals surface area contributed by atoms with E-state index in [1.54, 1.807) is 30.3 Å². The van der Waals surface area contributed by atoms with Gasteiger partial charge in [0.15, 0.2) is 0 Å². The van der Waals surface area contributed by atoms with E-state index in [2.05, 4.69) is 14.9 Å². The number of sulfonamides is 1. The lowest BCUT2D eigenvalue weighted by Gasteiger charge is -2.13. The fourth-order valence-electron chi connectivity index (χ4n) is 3.40. The molecule has 5 aromatic rings. The number of fused-ring (bicyclic) bond motifs is 1. The van der Waals surface area contributed by atoms with Gasteiger partial charge in [0.05, 0.1) is 21.9 Å². The van der Waals surface area contributed by atoms with Crippen molar-refractivity contribution in [3.63, 3.8) is 0 Å². The van der Waals surface area contributed by atoms with Crippen LogP contribution in [0.15, 0.2) is 93.7 Å². The number of anilines is 1. The second-order valence-electron chi connectivity index (χ2n) is 6.91. The second-order valence-corrected chi connectivity index (χ2v) is 9.50. The van der Waals surface area contributed by atoms with Gasteiger partial charge >= 0.3 is 0 Å². The summed E-state index contributed by atoms with van der Waals surface area (Å²) in [6.45, 7) is 0. The Balaban J connectivity index is 1.45. The van der Waals surface area contributed by atoms with Crippen molar-refractivity contribution in [1.82, 2.24) is 10.1 Å². The molecule has 6 nitrogen and oxygen atoms in total. The first-order valence-electron chi connectivity index (χ1n) is 9.55. The van der Waals surface area contributed by atoms with Gasteiger partial charge < -0.3 is 4.52 Å². The smallest absolute Gasteiger partial charge is 0.262 e. The number of benzene rings is 3. The van der Waals surface area contributed by atoms with Crippen LogP contribution in [-0.4, -0.2) is 18.6 Å². The van der Waals surface area contributed by atoms with Crippen molar-refractivity contribution >= 4 is 37.8 Å². The lowest BCUT2D eigenvalue weighted by Crippen LogP contribution is -2.14. The summed E-state index contributed by atoms with van der Waals surface area (Å²) in [5.41, 5.74) is 1.22. The van der Waals surface area contributed by atoms with Crippen molar-refractivity contribution in [1.29, 1.82) is 0 Å². The molecule has 0 aliphatic carbocycles.